The molecule has 0 unspecified atom stereocenters. The molecule has 0 aliphatic heterocycles. The number of aromatic nitrogens is 1. The van der Waals surface area contributed by atoms with Crippen molar-refractivity contribution in [1.82, 2.24) is 9.88 Å². The molecule has 1 aromatic carbocycles. The first-order valence-corrected chi connectivity index (χ1v) is 8.95. The van der Waals surface area contributed by atoms with Gasteiger partial charge in [0, 0.05) is 23.2 Å². The third-order valence-corrected chi connectivity index (χ3v) is 4.25. The van der Waals surface area contributed by atoms with Crippen LogP contribution in [0.1, 0.15) is 32.3 Å². The van der Waals surface area contributed by atoms with Crippen molar-refractivity contribution in [3.05, 3.63) is 64.2 Å². The predicted molar refractivity (Wildman–Crippen MR) is 103 cm³/mol. The highest BCUT2D eigenvalue weighted by molar-refractivity contribution is 5.64. The smallest absolute Gasteiger partial charge is 0.269 e. The molecule has 2 bridgehead atoms. The van der Waals surface area contributed by atoms with Crippen LogP contribution in [0.3, 0.4) is 0 Å². The number of nitrogens with zero attached hydrogens (tertiary/aromatic N) is 2. The minimum atomic E-state index is -0.357. The summed E-state index contributed by atoms with van der Waals surface area (Å²) in [4.78, 5) is 15.7. The Bertz CT molecular complexity index is 691. The molecule has 134 valence electrons. The highest BCUT2D eigenvalue weighted by atomic mass is 16.6. The van der Waals surface area contributed by atoms with E-state index in [0.717, 1.165) is 32.5 Å². The van der Waals surface area contributed by atoms with E-state index in [-0.39, 0.29) is 10.6 Å². The van der Waals surface area contributed by atoms with E-state index in [1.807, 2.05) is 12.1 Å². The quantitative estimate of drug-likeness (QED) is 0.470. The normalized spacial score (nSPS) is 10.8. The van der Waals surface area contributed by atoms with E-state index >= 15 is 0 Å². The van der Waals surface area contributed by atoms with Crippen LogP contribution in [0.5, 0.6) is 0 Å². The van der Waals surface area contributed by atoms with Crippen LogP contribution in [-0.4, -0.2) is 34.4 Å². The molecular weight excluding hydrogens is 314 g/mol. The number of fused-ring (bicyclic) bond motifs is 2. The first kappa shape index (κ1) is 18.9. The lowest BCUT2D eigenvalue weighted by atomic mass is 10.1. The van der Waals surface area contributed by atoms with Crippen LogP contribution < -0.4 is 0 Å². The second-order valence-electron chi connectivity index (χ2n) is 6.16. The number of nitrogens with one attached hydrogen (secondary N) is 1. The van der Waals surface area contributed by atoms with Gasteiger partial charge in [-0.15, -0.1) is 0 Å². The van der Waals surface area contributed by atoms with Gasteiger partial charge in [-0.05, 0) is 68.7 Å². The maximum absolute atomic E-state index is 10.5. The van der Waals surface area contributed by atoms with Crippen LogP contribution in [0.25, 0.3) is 11.0 Å². The lowest BCUT2D eigenvalue weighted by molar-refractivity contribution is -0.384. The summed E-state index contributed by atoms with van der Waals surface area (Å²) in [6.45, 7) is 7.71. The molecule has 1 N–H and O–H groups in total. The molecule has 3 rings (SSSR count). The molecule has 25 heavy (non-hydrogen) atoms. The Balaban J connectivity index is 0.000000261. The van der Waals surface area contributed by atoms with Crippen molar-refractivity contribution in [2.45, 2.75) is 33.1 Å². The zero-order valence-corrected chi connectivity index (χ0v) is 15.1. The predicted octanol–water partition coefficient (Wildman–Crippen LogP) is 4.87. The number of nitro groups is 1. The van der Waals surface area contributed by atoms with Crippen molar-refractivity contribution in [2.24, 2.45) is 0 Å². The van der Waals surface area contributed by atoms with E-state index in [4.69, 9.17) is 0 Å². The largest absolute Gasteiger partial charge is 0.356 e. The van der Waals surface area contributed by atoms with E-state index in [0.29, 0.717) is 0 Å². The Labute approximate surface area is 149 Å². The zero-order valence-electron chi connectivity index (χ0n) is 15.1. The van der Waals surface area contributed by atoms with Crippen LogP contribution in [-0.2, 0) is 6.42 Å². The van der Waals surface area contributed by atoms with Gasteiger partial charge < -0.3 is 9.88 Å². The van der Waals surface area contributed by atoms with E-state index in [9.17, 15) is 10.1 Å². The molecule has 0 spiro atoms. The summed E-state index contributed by atoms with van der Waals surface area (Å²) >= 11 is 0. The number of nitro benzene ring substituents is 1. The highest BCUT2D eigenvalue weighted by Crippen LogP contribution is 2.13. The standard InChI is InChI=1S/C14H22N2O2.C6H5N/c1-3-11-15(4-2)12-5-6-13-7-9-14(10-8-13)16(17)18;1-2-6-4-3-5(1)7-6/h7-10H,3-6,11-12H2,1-2H3;1-4,7H. The third kappa shape index (κ3) is 6.19. The van der Waals surface area contributed by atoms with Gasteiger partial charge in [0.2, 0.25) is 0 Å². The summed E-state index contributed by atoms with van der Waals surface area (Å²) in [5.74, 6) is 0. The molecule has 0 aliphatic rings. The molecule has 0 radical (unpaired) electrons. The number of hydrogen-bond donors (Lipinski definition) is 1. The Hall–Kier alpha value is -2.40. The number of H-pyrrole nitrogens is 1. The van der Waals surface area contributed by atoms with Gasteiger partial charge in [-0.2, -0.15) is 0 Å². The molecule has 0 fully saturated rings. The minimum absolute atomic E-state index is 0.167. The average molecular weight is 341 g/mol. The van der Waals surface area contributed by atoms with Gasteiger partial charge in [0.05, 0.1) is 4.92 Å². The number of rotatable bonds is 8. The summed E-state index contributed by atoms with van der Waals surface area (Å²) in [6.07, 6.45) is 3.27. The Morgan fingerprint density at radius 1 is 0.960 bits per heavy atom. The van der Waals surface area contributed by atoms with Crippen LogP contribution in [0.2, 0.25) is 0 Å². The van der Waals surface area contributed by atoms with Crippen molar-refractivity contribution >= 4 is 16.7 Å². The third-order valence-electron chi connectivity index (χ3n) is 4.25. The van der Waals surface area contributed by atoms with Crippen molar-refractivity contribution in [3.63, 3.8) is 0 Å². The summed E-state index contributed by atoms with van der Waals surface area (Å²) in [5, 5.41) is 10.5. The van der Waals surface area contributed by atoms with Gasteiger partial charge in [-0.25, -0.2) is 0 Å². The Kier molecular flexibility index (Phi) is 7.41. The summed E-state index contributed by atoms with van der Waals surface area (Å²) < 4.78 is 0. The number of benzene rings is 2. The summed E-state index contributed by atoms with van der Waals surface area (Å²) in [7, 11) is 0. The average Bonchev–Trinajstić information content (AvgIpc) is 3.28. The topological polar surface area (TPSA) is 62.2 Å². The van der Waals surface area contributed by atoms with Crippen molar-refractivity contribution < 1.29 is 4.92 Å². The van der Waals surface area contributed by atoms with Gasteiger partial charge >= 0.3 is 0 Å². The fraction of sp³-hybridized carbons (Fsp3) is 0.400. The first-order valence-electron chi connectivity index (χ1n) is 8.95. The fourth-order valence-corrected chi connectivity index (χ4v) is 2.84. The summed E-state index contributed by atoms with van der Waals surface area (Å²) in [6, 6.07) is 15.1. The molecule has 2 aromatic heterocycles. The van der Waals surface area contributed by atoms with Gasteiger partial charge in [-0.1, -0.05) is 26.0 Å². The maximum Gasteiger partial charge on any atom is 0.269 e. The molecule has 0 saturated heterocycles. The van der Waals surface area contributed by atoms with Crippen molar-refractivity contribution in [1.29, 1.82) is 0 Å². The summed E-state index contributed by atoms with van der Waals surface area (Å²) in [5.41, 5.74) is 3.78. The molecule has 3 aromatic rings. The molecule has 0 saturated carbocycles. The number of hydrogen-bond acceptors (Lipinski definition) is 3. The first-order chi connectivity index (χ1) is 12.1. The lowest BCUT2D eigenvalue weighted by Gasteiger charge is -2.19. The van der Waals surface area contributed by atoms with Gasteiger partial charge in [0.25, 0.3) is 5.69 Å². The monoisotopic (exact) mass is 341 g/mol. The number of aromatic amines is 1. The zero-order chi connectivity index (χ0) is 18.1. The van der Waals surface area contributed by atoms with Gasteiger partial charge in [-0.3, -0.25) is 10.1 Å². The second kappa shape index (κ2) is 9.79. The van der Waals surface area contributed by atoms with E-state index < -0.39 is 0 Å². The molecule has 0 aliphatic carbocycles. The van der Waals surface area contributed by atoms with Crippen LogP contribution >= 0.6 is 0 Å². The van der Waals surface area contributed by atoms with Gasteiger partial charge in [0.15, 0.2) is 0 Å². The maximum atomic E-state index is 10.5. The molecular formula is C20H27N3O2. The second-order valence-corrected chi connectivity index (χ2v) is 6.16. The molecule has 5 heteroatoms. The van der Waals surface area contributed by atoms with Crippen molar-refractivity contribution in [2.75, 3.05) is 19.6 Å². The lowest BCUT2D eigenvalue weighted by Crippen LogP contribution is -2.25. The van der Waals surface area contributed by atoms with E-state index in [1.54, 1.807) is 12.1 Å². The number of aryl methyl sites for hydroxylation is 1. The van der Waals surface area contributed by atoms with E-state index in [1.165, 1.54) is 23.0 Å². The Morgan fingerprint density at radius 2 is 1.56 bits per heavy atom. The number of non-ortho nitro benzene ring substituents is 1. The molecule has 0 amide bonds. The molecule has 5 nitrogen and oxygen atoms in total. The highest BCUT2D eigenvalue weighted by Gasteiger charge is 2.04. The SMILES string of the molecule is CCCN(CC)CCCc1ccc([N+](=O)[O-])cc1.c1cc2ccc1[nH]2. The fourth-order valence-electron chi connectivity index (χ4n) is 2.84. The minimum Gasteiger partial charge on any atom is -0.356 e. The van der Waals surface area contributed by atoms with Crippen LogP contribution in [0.4, 0.5) is 5.69 Å². The molecule has 0 atom stereocenters. The van der Waals surface area contributed by atoms with Crippen LogP contribution in [0, 0.1) is 10.1 Å². The van der Waals surface area contributed by atoms with Gasteiger partial charge in [0.1, 0.15) is 0 Å². The van der Waals surface area contributed by atoms with Crippen molar-refractivity contribution in [3.8, 4) is 0 Å². The molecule has 2 heterocycles. The van der Waals surface area contributed by atoms with E-state index in [2.05, 4.69) is 48.0 Å². The Morgan fingerprint density at radius 3 is 1.96 bits per heavy atom. The van der Waals surface area contributed by atoms with Crippen LogP contribution in [0.15, 0.2) is 48.5 Å².